The second-order valence-corrected chi connectivity index (χ2v) is 7.20. The van der Waals surface area contributed by atoms with Crippen LogP contribution in [0.25, 0.3) is 6.08 Å². The van der Waals surface area contributed by atoms with Gasteiger partial charge in [0.05, 0.1) is 12.7 Å². The van der Waals surface area contributed by atoms with E-state index in [0.29, 0.717) is 18.7 Å². The Hall–Kier alpha value is -1.98. The molecular formula is C24H37NO4. The van der Waals surface area contributed by atoms with Gasteiger partial charge >= 0.3 is 0 Å². The molecule has 1 rings (SSSR count). The van der Waals surface area contributed by atoms with Crippen LogP contribution in [-0.2, 0) is 20.7 Å². The first-order chi connectivity index (χ1) is 14.0. The molecule has 1 unspecified atom stereocenters. The molecule has 0 heterocycles. The number of carbonyl (C=O) groups is 2. The number of hydrogen-bond donors (Lipinski definition) is 1. The number of ketones is 1. The number of rotatable bonds is 15. The Morgan fingerprint density at radius 2 is 1.90 bits per heavy atom. The summed E-state index contributed by atoms with van der Waals surface area (Å²) in [6, 6.07) is 5.60. The molecule has 0 aliphatic rings. The normalized spacial score (nSPS) is 12.3. The smallest absolute Gasteiger partial charge is 0.244 e. The molecule has 5 heteroatoms. The largest absolute Gasteiger partial charge is 0.381 e. The van der Waals surface area contributed by atoms with Crippen LogP contribution in [0, 0.1) is 0 Å². The Balaban J connectivity index is 2.29. The number of carbonyl (C=O) groups excluding carboxylic acids is 2. The highest BCUT2D eigenvalue weighted by Gasteiger charge is 2.08. The van der Waals surface area contributed by atoms with Crippen LogP contribution in [0.2, 0.25) is 0 Å². The number of hydrogen-bond acceptors (Lipinski definition) is 4. The van der Waals surface area contributed by atoms with E-state index in [1.807, 2.05) is 32.0 Å². The predicted octanol–water partition coefficient (Wildman–Crippen LogP) is 4.58. The second-order valence-electron chi connectivity index (χ2n) is 7.20. The molecule has 0 radical (unpaired) electrons. The summed E-state index contributed by atoms with van der Waals surface area (Å²) < 4.78 is 11.3. The van der Waals surface area contributed by atoms with E-state index in [9.17, 15) is 9.59 Å². The standard InChI is InChI=1S/C24H37NO4/c1-5-7-16-28-17-9-10-19(3)29-18-15-25-24(27)14-13-21-11-8-12-23(20(4)26)22(21)6-2/h8,11-14,19H,5-7,9-10,15-18H2,1-4H3,(H,25,27)/b14-13+. The van der Waals surface area contributed by atoms with Gasteiger partial charge in [0.15, 0.2) is 5.78 Å². The van der Waals surface area contributed by atoms with Gasteiger partial charge in [-0.15, -0.1) is 0 Å². The van der Waals surface area contributed by atoms with E-state index in [-0.39, 0.29) is 17.8 Å². The van der Waals surface area contributed by atoms with Crippen molar-refractivity contribution in [2.24, 2.45) is 0 Å². The number of unbranched alkanes of at least 4 members (excludes halogenated alkanes) is 1. The summed E-state index contributed by atoms with van der Waals surface area (Å²) in [5.41, 5.74) is 2.59. The minimum atomic E-state index is -0.166. The molecule has 1 amide bonds. The van der Waals surface area contributed by atoms with Crippen LogP contribution in [-0.4, -0.2) is 44.2 Å². The molecular weight excluding hydrogens is 366 g/mol. The topological polar surface area (TPSA) is 64.6 Å². The van der Waals surface area contributed by atoms with Crippen LogP contribution < -0.4 is 5.32 Å². The molecule has 0 aromatic heterocycles. The Morgan fingerprint density at radius 3 is 2.59 bits per heavy atom. The third kappa shape index (κ3) is 10.4. The highest BCUT2D eigenvalue weighted by atomic mass is 16.5. The highest BCUT2D eigenvalue weighted by Crippen LogP contribution is 2.18. The molecule has 0 fully saturated rings. The van der Waals surface area contributed by atoms with Crippen molar-refractivity contribution in [3.05, 3.63) is 41.0 Å². The van der Waals surface area contributed by atoms with E-state index in [2.05, 4.69) is 12.2 Å². The van der Waals surface area contributed by atoms with Gasteiger partial charge in [-0.1, -0.05) is 38.5 Å². The van der Waals surface area contributed by atoms with Crippen LogP contribution in [0.5, 0.6) is 0 Å². The molecule has 1 atom stereocenters. The SMILES string of the molecule is CCCCOCCCC(C)OCCNC(=O)/C=C/c1cccc(C(C)=O)c1CC. The summed E-state index contributed by atoms with van der Waals surface area (Å²) in [5, 5.41) is 2.83. The molecule has 0 spiro atoms. The van der Waals surface area contributed by atoms with Crippen LogP contribution >= 0.6 is 0 Å². The third-order valence-corrected chi connectivity index (χ3v) is 4.70. The fourth-order valence-electron chi connectivity index (χ4n) is 3.05. The van der Waals surface area contributed by atoms with E-state index >= 15 is 0 Å². The molecule has 29 heavy (non-hydrogen) atoms. The van der Waals surface area contributed by atoms with E-state index in [4.69, 9.17) is 9.47 Å². The highest BCUT2D eigenvalue weighted by molar-refractivity contribution is 5.97. The lowest BCUT2D eigenvalue weighted by molar-refractivity contribution is -0.116. The number of Topliss-reactive ketones (excluding diaryl/α,β-unsaturated/α-hetero) is 1. The van der Waals surface area contributed by atoms with Crippen LogP contribution in [0.1, 0.15) is 74.9 Å². The first-order valence-electron chi connectivity index (χ1n) is 10.8. The van der Waals surface area contributed by atoms with E-state index in [1.54, 1.807) is 13.0 Å². The van der Waals surface area contributed by atoms with E-state index in [0.717, 1.165) is 56.4 Å². The van der Waals surface area contributed by atoms with Crippen molar-refractivity contribution in [2.45, 2.75) is 65.9 Å². The summed E-state index contributed by atoms with van der Waals surface area (Å²) in [7, 11) is 0. The van der Waals surface area contributed by atoms with Gasteiger partial charge in [-0.3, -0.25) is 9.59 Å². The lowest BCUT2D eigenvalue weighted by Gasteiger charge is -2.13. The van der Waals surface area contributed by atoms with Crippen LogP contribution in [0.4, 0.5) is 0 Å². The van der Waals surface area contributed by atoms with E-state index in [1.165, 1.54) is 6.08 Å². The second kappa shape index (κ2) is 14.9. The third-order valence-electron chi connectivity index (χ3n) is 4.70. The molecule has 1 aromatic rings. The summed E-state index contributed by atoms with van der Waals surface area (Å²) in [4.78, 5) is 23.8. The fourth-order valence-corrected chi connectivity index (χ4v) is 3.05. The first-order valence-corrected chi connectivity index (χ1v) is 10.8. The Bertz CT molecular complexity index is 654. The lowest BCUT2D eigenvalue weighted by Crippen LogP contribution is -2.26. The minimum absolute atomic E-state index is 0.0420. The number of ether oxygens (including phenoxy) is 2. The summed E-state index contributed by atoms with van der Waals surface area (Å²) in [6.45, 7) is 10.3. The first kappa shape index (κ1) is 25.1. The molecule has 0 aliphatic carbocycles. The van der Waals surface area contributed by atoms with Crippen LogP contribution in [0.3, 0.4) is 0 Å². The Morgan fingerprint density at radius 1 is 1.14 bits per heavy atom. The van der Waals surface area contributed by atoms with Gasteiger partial charge in [-0.05, 0) is 56.7 Å². The maximum absolute atomic E-state index is 12.0. The molecule has 0 bridgehead atoms. The minimum Gasteiger partial charge on any atom is -0.381 e. The van der Waals surface area contributed by atoms with Crippen molar-refractivity contribution < 1.29 is 19.1 Å². The zero-order chi connectivity index (χ0) is 21.5. The van der Waals surface area contributed by atoms with E-state index < -0.39 is 0 Å². The fraction of sp³-hybridized carbons (Fsp3) is 0.583. The summed E-state index contributed by atoms with van der Waals surface area (Å²) in [5.74, 6) is -0.124. The molecule has 0 saturated carbocycles. The van der Waals surface area contributed by atoms with Gasteiger partial charge in [0.25, 0.3) is 0 Å². The van der Waals surface area contributed by atoms with Crippen molar-refractivity contribution in [2.75, 3.05) is 26.4 Å². The Labute approximate surface area is 175 Å². The average molecular weight is 404 g/mol. The molecule has 0 saturated heterocycles. The molecule has 162 valence electrons. The molecule has 1 N–H and O–H groups in total. The quantitative estimate of drug-likeness (QED) is 0.264. The van der Waals surface area contributed by atoms with Gasteiger partial charge in [0.2, 0.25) is 5.91 Å². The number of nitrogens with one attached hydrogen (secondary N) is 1. The number of benzene rings is 1. The Kier molecular flexibility index (Phi) is 12.9. The van der Waals surface area contributed by atoms with Crippen molar-refractivity contribution in [1.29, 1.82) is 0 Å². The zero-order valence-corrected chi connectivity index (χ0v) is 18.5. The maximum atomic E-state index is 12.0. The van der Waals surface area contributed by atoms with Gasteiger partial charge < -0.3 is 14.8 Å². The monoisotopic (exact) mass is 403 g/mol. The average Bonchev–Trinajstić information content (AvgIpc) is 2.71. The van der Waals surface area contributed by atoms with Gasteiger partial charge in [0, 0.05) is 31.4 Å². The van der Waals surface area contributed by atoms with Crippen LogP contribution in [0.15, 0.2) is 24.3 Å². The summed E-state index contributed by atoms with van der Waals surface area (Å²) in [6.07, 6.45) is 8.38. The molecule has 5 nitrogen and oxygen atoms in total. The number of amides is 1. The maximum Gasteiger partial charge on any atom is 0.244 e. The summed E-state index contributed by atoms with van der Waals surface area (Å²) >= 11 is 0. The van der Waals surface area contributed by atoms with Crippen molar-refractivity contribution >= 4 is 17.8 Å². The van der Waals surface area contributed by atoms with Crippen molar-refractivity contribution in [3.8, 4) is 0 Å². The molecule has 0 aliphatic heterocycles. The lowest BCUT2D eigenvalue weighted by atomic mass is 9.96. The zero-order valence-electron chi connectivity index (χ0n) is 18.5. The van der Waals surface area contributed by atoms with Crippen molar-refractivity contribution in [1.82, 2.24) is 5.32 Å². The molecule has 1 aromatic carbocycles. The van der Waals surface area contributed by atoms with Gasteiger partial charge in [-0.2, -0.15) is 0 Å². The van der Waals surface area contributed by atoms with Gasteiger partial charge in [0.1, 0.15) is 0 Å². The van der Waals surface area contributed by atoms with Gasteiger partial charge in [-0.25, -0.2) is 0 Å². The predicted molar refractivity (Wildman–Crippen MR) is 118 cm³/mol. The van der Waals surface area contributed by atoms with Crippen molar-refractivity contribution in [3.63, 3.8) is 0 Å².